The van der Waals surface area contributed by atoms with Crippen LogP contribution in [0.3, 0.4) is 0 Å². The van der Waals surface area contributed by atoms with Gasteiger partial charge < -0.3 is 10.1 Å². The Kier molecular flexibility index (Phi) is 3.95. The van der Waals surface area contributed by atoms with Gasteiger partial charge in [0.15, 0.2) is 0 Å². The number of benzene rings is 1. The van der Waals surface area contributed by atoms with E-state index in [0.717, 1.165) is 23.7 Å². The molecule has 3 heteroatoms. The number of hydrogen-bond donors (Lipinski definition) is 1. The molecule has 0 saturated heterocycles. The summed E-state index contributed by atoms with van der Waals surface area (Å²) >= 11 is 6.07. The van der Waals surface area contributed by atoms with Gasteiger partial charge in [-0.2, -0.15) is 0 Å². The zero-order valence-corrected chi connectivity index (χ0v) is 11.3. The number of methoxy groups -OCH3 is 1. The van der Waals surface area contributed by atoms with Crippen molar-refractivity contribution >= 4 is 11.6 Å². The Hall–Kier alpha value is -0.730. The molecule has 1 saturated carbocycles. The van der Waals surface area contributed by atoms with Gasteiger partial charge >= 0.3 is 0 Å². The molecule has 1 fully saturated rings. The Morgan fingerprint density at radius 3 is 2.71 bits per heavy atom. The van der Waals surface area contributed by atoms with Gasteiger partial charge in [-0.25, -0.2) is 0 Å². The van der Waals surface area contributed by atoms with E-state index in [1.807, 2.05) is 25.2 Å². The largest absolute Gasteiger partial charge is 0.496 e. The minimum atomic E-state index is 0.409. The fraction of sp³-hybridized carbons (Fsp3) is 0.571. The van der Waals surface area contributed by atoms with Crippen LogP contribution in [-0.2, 0) is 6.42 Å². The second kappa shape index (κ2) is 5.28. The predicted octanol–water partition coefficient (Wildman–Crippen LogP) is 3.28. The van der Waals surface area contributed by atoms with Crippen molar-refractivity contribution in [3.05, 3.63) is 28.8 Å². The van der Waals surface area contributed by atoms with Crippen molar-refractivity contribution in [3.8, 4) is 5.75 Å². The Morgan fingerprint density at radius 2 is 2.18 bits per heavy atom. The summed E-state index contributed by atoms with van der Waals surface area (Å²) in [7, 11) is 3.74. The highest BCUT2D eigenvalue weighted by Crippen LogP contribution is 2.44. The third-order valence-corrected chi connectivity index (χ3v) is 4.01. The molecular weight excluding hydrogens is 234 g/mol. The Balaban J connectivity index is 2.19. The summed E-state index contributed by atoms with van der Waals surface area (Å²) in [5.74, 6) is 0.955. The van der Waals surface area contributed by atoms with E-state index in [1.165, 1.54) is 24.8 Å². The molecule has 1 aromatic rings. The third kappa shape index (κ3) is 2.75. The van der Waals surface area contributed by atoms with E-state index < -0.39 is 0 Å². The molecule has 0 radical (unpaired) electrons. The van der Waals surface area contributed by atoms with E-state index in [1.54, 1.807) is 7.11 Å². The molecule has 1 aromatic carbocycles. The van der Waals surface area contributed by atoms with Crippen molar-refractivity contribution in [2.24, 2.45) is 5.41 Å². The Bertz CT molecular complexity index is 388. The van der Waals surface area contributed by atoms with Crippen LogP contribution in [0.4, 0.5) is 0 Å². The lowest BCUT2D eigenvalue weighted by Crippen LogP contribution is -2.40. The molecule has 0 amide bonds. The lowest BCUT2D eigenvalue weighted by atomic mass is 9.65. The van der Waals surface area contributed by atoms with Crippen LogP contribution in [0.15, 0.2) is 18.2 Å². The molecule has 2 nitrogen and oxygen atoms in total. The van der Waals surface area contributed by atoms with Gasteiger partial charge in [-0.1, -0.05) is 18.0 Å². The van der Waals surface area contributed by atoms with E-state index in [0.29, 0.717) is 5.41 Å². The van der Waals surface area contributed by atoms with Crippen LogP contribution in [0.1, 0.15) is 24.8 Å². The summed E-state index contributed by atoms with van der Waals surface area (Å²) in [4.78, 5) is 0. The van der Waals surface area contributed by atoms with Crippen LogP contribution >= 0.6 is 11.6 Å². The van der Waals surface area contributed by atoms with Gasteiger partial charge in [0.2, 0.25) is 0 Å². The first kappa shape index (κ1) is 12.7. The number of ether oxygens (including phenoxy) is 1. The summed E-state index contributed by atoms with van der Waals surface area (Å²) in [6.07, 6.45) is 4.98. The number of halogens is 1. The van der Waals surface area contributed by atoms with Gasteiger partial charge in [0.1, 0.15) is 5.75 Å². The fourth-order valence-electron chi connectivity index (χ4n) is 2.76. The van der Waals surface area contributed by atoms with Gasteiger partial charge in [-0.3, -0.25) is 0 Å². The zero-order valence-electron chi connectivity index (χ0n) is 10.6. The monoisotopic (exact) mass is 253 g/mol. The molecule has 2 rings (SSSR count). The van der Waals surface area contributed by atoms with Crippen LogP contribution in [-0.4, -0.2) is 20.7 Å². The molecule has 0 bridgehead atoms. The third-order valence-electron chi connectivity index (χ3n) is 3.77. The summed E-state index contributed by atoms with van der Waals surface area (Å²) < 4.78 is 5.41. The average molecular weight is 254 g/mol. The molecule has 0 aliphatic heterocycles. The van der Waals surface area contributed by atoms with Crippen LogP contribution in [0.5, 0.6) is 5.75 Å². The van der Waals surface area contributed by atoms with Gasteiger partial charge in [0, 0.05) is 11.6 Å². The molecule has 1 N–H and O–H groups in total. The minimum Gasteiger partial charge on any atom is -0.496 e. The van der Waals surface area contributed by atoms with E-state index in [4.69, 9.17) is 16.3 Å². The lowest BCUT2D eigenvalue weighted by Gasteiger charge is -2.42. The maximum absolute atomic E-state index is 6.07. The van der Waals surface area contributed by atoms with Gasteiger partial charge in [-0.15, -0.1) is 0 Å². The van der Waals surface area contributed by atoms with Crippen LogP contribution in [0, 0.1) is 5.41 Å². The Morgan fingerprint density at radius 1 is 1.41 bits per heavy atom. The molecule has 17 heavy (non-hydrogen) atoms. The molecule has 0 spiro atoms. The minimum absolute atomic E-state index is 0.409. The van der Waals surface area contributed by atoms with Crippen LogP contribution in [0.2, 0.25) is 5.02 Å². The molecule has 0 atom stereocenters. The summed E-state index contributed by atoms with van der Waals surface area (Å²) in [5, 5.41) is 4.10. The van der Waals surface area contributed by atoms with Crippen molar-refractivity contribution in [1.29, 1.82) is 0 Å². The van der Waals surface area contributed by atoms with Gasteiger partial charge in [0.25, 0.3) is 0 Å². The highest BCUT2D eigenvalue weighted by molar-refractivity contribution is 6.30. The first-order chi connectivity index (χ1) is 8.19. The molecule has 0 heterocycles. The van der Waals surface area contributed by atoms with Crippen molar-refractivity contribution in [3.63, 3.8) is 0 Å². The maximum atomic E-state index is 6.07. The van der Waals surface area contributed by atoms with Crippen molar-refractivity contribution in [2.75, 3.05) is 20.7 Å². The smallest absolute Gasteiger partial charge is 0.122 e. The van der Waals surface area contributed by atoms with E-state index in [2.05, 4.69) is 5.32 Å². The van der Waals surface area contributed by atoms with Crippen molar-refractivity contribution < 1.29 is 4.74 Å². The highest BCUT2D eigenvalue weighted by Gasteiger charge is 2.36. The topological polar surface area (TPSA) is 21.3 Å². The second-order valence-corrected chi connectivity index (χ2v) is 5.45. The van der Waals surface area contributed by atoms with Crippen molar-refractivity contribution in [1.82, 2.24) is 5.32 Å². The molecule has 1 aliphatic carbocycles. The SMILES string of the molecule is CNCC1(Cc2cc(Cl)ccc2OC)CCC1. The number of nitrogens with one attached hydrogen (secondary N) is 1. The van der Waals surface area contributed by atoms with Crippen molar-refractivity contribution in [2.45, 2.75) is 25.7 Å². The lowest BCUT2D eigenvalue weighted by molar-refractivity contribution is 0.132. The molecular formula is C14H20ClNO. The maximum Gasteiger partial charge on any atom is 0.122 e. The van der Waals surface area contributed by atoms with E-state index in [-0.39, 0.29) is 0 Å². The molecule has 0 aromatic heterocycles. The Labute approximate surface area is 108 Å². The molecule has 1 aliphatic rings. The van der Waals surface area contributed by atoms with E-state index in [9.17, 15) is 0 Å². The first-order valence-corrected chi connectivity index (χ1v) is 6.54. The van der Waals surface area contributed by atoms with Gasteiger partial charge in [0.05, 0.1) is 7.11 Å². The van der Waals surface area contributed by atoms with E-state index >= 15 is 0 Å². The standard InChI is InChI=1S/C14H20ClNO/c1-16-10-14(6-3-7-14)9-11-8-12(15)4-5-13(11)17-2/h4-5,8,16H,3,6-7,9-10H2,1-2H3. The normalized spacial score (nSPS) is 17.6. The van der Waals surface area contributed by atoms with Crippen LogP contribution in [0.25, 0.3) is 0 Å². The summed E-state index contributed by atoms with van der Waals surface area (Å²) in [5.41, 5.74) is 1.64. The molecule has 94 valence electrons. The van der Waals surface area contributed by atoms with Gasteiger partial charge in [-0.05, 0) is 55.5 Å². The average Bonchev–Trinajstić information content (AvgIpc) is 2.26. The first-order valence-electron chi connectivity index (χ1n) is 6.16. The summed E-state index contributed by atoms with van der Waals surface area (Å²) in [6.45, 7) is 1.07. The number of rotatable bonds is 5. The zero-order chi connectivity index (χ0) is 12.3. The molecule has 0 unspecified atom stereocenters. The predicted molar refractivity (Wildman–Crippen MR) is 71.9 cm³/mol. The van der Waals surface area contributed by atoms with Crippen LogP contribution < -0.4 is 10.1 Å². The highest BCUT2D eigenvalue weighted by atomic mass is 35.5. The summed E-state index contributed by atoms with van der Waals surface area (Å²) in [6, 6.07) is 5.88. The quantitative estimate of drug-likeness (QED) is 0.870. The fourth-order valence-corrected chi connectivity index (χ4v) is 2.95. The second-order valence-electron chi connectivity index (χ2n) is 5.02. The number of hydrogen-bond acceptors (Lipinski definition) is 2.